The quantitative estimate of drug-likeness (QED) is 0.609. The molecule has 0 saturated carbocycles. The van der Waals surface area contributed by atoms with Crippen molar-refractivity contribution in [1.29, 1.82) is 0 Å². The molecule has 2 aliphatic rings. The molecule has 1 aliphatic heterocycles. The van der Waals surface area contributed by atoms with Gasteiger partial charge in [-0.05, 0) is 37.3 Å². The fraction of sp³-hybridized carbons (Fsp3) is 0.500. The number of pyridine rings is 1. The van der Waals surface area contributed by atoms with E-state index < -0.39 is 0 Å². The Kier molecular flexibility index (Phi) is 5.27. The van der Waals surface area contributed by atoms with Crippen LogP contribution in [0.2, 0.25) is 0 Å². The normalized spacial score (nSPS) is 17.1. The largest absolute Gasteiger partial charge is 0.340 e. The first kappa shape index (κ1) is 19.9. The van der Waals surface area contributed by atoms with Gasteiger partial charge in [-0.25, -0.2) is 9.67 Å². The van der Waals surface area contributed by atoms with E-state index >= 15 is 0 Å². The van der Waals surface area contributed by atoms with Crippen molar-refractivity contribution in [2.45, 2.75) is 32.2 Å². The van der Waals surface area contributed by atoms with Crippen molar-refractivity contribution in [2.24, 2.45) is 7.05 Å². The molecule has 1 fully saturated rings. The third-order valence-corrected chi connectivity index (χ3v) is 6.41. The van der Waals surface area contributed by atoms with E-state index in [4.69, 9.17) is 0 Å². The van der Waals surface area contributed by atoms with Crippen molar-refractivity contribution in [3.8, 4) is 0 Å². The molecule has 1 saturated heterocycles. The summed E-state index contributed by atoms with van der Waals surface area (Å²) in [7, 11) is 1.77. The lowest BCUT2D eigenvalue weighted by Crippen LogP contribution is -2.49. The topological polar surface area (TPSA) is 89.2 Å². The summed E-state index contributed by atoms with van der Waals surface area (Å²) in [5, 5.41) is 5.21. The molecule has 9 nitrogen and oxygen atoms in total. The molecule has 0 N–H and O–H groups in total. The summed E-state index contributed by atoms with van der Waals surface area (Å²) in [4.78, 5) is 38.3. The summed E-state index contributed by atoms with van der Waals surface area (Å²) in [6.45, 7) is 4.64. The van der Waals surface area contributed by atoms with Gasteiger partial charge >= 0.3 is 0 Å². The summed E-state index contributed by atoms with van der Waals surface area (Å²) in [6, 6.07) is 3.49. The number of aryl methyl sites for hydroxylation is 2. The smallest absolute Gasteiger partial charge is 0.267 e. The highest BCUT2D eigenvalue weighted by Gasteiger charge is 2.21. The van der Waals surface area contributed by atoms with E-state index in [1.807, 2.05) is 0 Å². The van der Waals surface area contributed by atoms with Crippen molar-refractivity contribution in [3.63, 3.8) is 0 Å². The Balaban J connectivity index is 1.24. The Morgan fingerprint density at radius 1 is 1.03 bits per heavy atom. The van der Waals surface area contributed by atoms with Crippen LogP contribution in [0.25, 0.3) is 10.9 Å². The Morgan fingerprint density at radius 3 is 2.68 bits per heavy atom. The van der Waals surface area contributed by atoms with Crippen molar-refractivity contribution in [2.75, 3.05) is 37.6 Å². The summed E-state index contributed by atoms with van der Waals surface area (Å²) in [6.07, 6.45) is 7.51. The highest BCUT2D eigenvalue weighted by atomic mass is 16.1. The van der Waals surface area contributed by atoms with Crippen LogP contribution < -0.4 is 16.0 Å². The minimum atomic E-state index is -0.0531. The predicted octanol–water partition coefficient (Wildman–Crippen LogP) is 0.586. The first-order valence-corrected chi connectivity index (χ1v) is 11.0. The minimum Gasteiger partial charge on any atom is -0.340 e. The minimum absolute atomic E-state index is 0.00302. The van der Waals surface area contributed by atoms with E-state index in [9.17, 15) is 9.59 Å². The van der Waals surface area contributed by atoms with Crippen molar-refractivity contribution >= 4 is 16.9 Å². The van der Waals surface area contributed by atoms with E-state index in [2.05, 4.69) is 24.9 Å². The van der Waals surface area contributed by atoms with E-state index in [1.165, 1.54) is 0 Å². The van der Waals surface area contributed by atoms with Crippen LogP contribution in [0.5, 0.6) is 0 Å². The summed E-state index contributed by atoms with van der Waals surface area (Å²) >= 11 is 0. The van der Waals surface area contributed by atoms with Crippen molar-refractivity contribution in [1.82, 2.24) is 29.2 Å². The predicted molar refractivity (Wildman–Crippen MR) is 119 cm³/mol. The average Bonchev–Trinajstić information content (AvgIpc) is 2.80. The van der Waals surface area contributed by atoms with Gasteiger partial charge in [-0.15, -0.1) is 0 Å². The molecule has 0 unspecified atom stereocenters. The number of anilines is 1. The molecular weight excluding hydrogens is 394 g/mol. The van der Waals surface area contributed by atoms with Gasteiger partial charge in [-0.1, -0.05) is 0 Å². The lowest BCUT2D eigenvalue weighted by Gasteiger charge is -2.35. The Labute approximate surface area is 180 Å². The molecule has 0 amide bonds. The molecular formula is C22H27N7O2. The molecule has 5 rings (SSSR count). The van der Waals surface area contributed by atoms with Crippen molar-refractivity contribution < 1.29 is 0 Å². The van der Waals surface area contributed by atoms with Gasteiger partial charge in [0.25, 0.3) is 11.1 Å². The number of aromatic nitrogens is 5. The molecule has 0 atom stereocenters. The number of piperazine rings is 1. The van der Waals surface area contributed by atoms with Gasteiger partial charge < -0.3 is 4.90 Å². The average molecular weight is 422 g/mol. The molecule has 3 aromatic rings. The molecule has 3 aromatic heterocycles. The molecule has 0 radical (unpaired) electrons. The molecule has 4 heterocycles. The lowest BCUT2D eigenvalue weighted by atomic mass is 9.97. The zero-order chi connectivity index (χ0) is 21.4. The number of nitrogens with zero attached hydrogens (tertiary/aromatic N) is 7. The second kappa shape index (κ2) is 8.22. The maximum Gasteiger partial charge on any atom is 0.267 e. The van der Waals surface area contributed by atoms with Gasteiger partial charge in [0, 0.05) is 52.0 Å². The molecule has 9 heteroatoms. The standard InChI is InChI=1S/C22H27N7O2/c1-26-21(31)17-6-7-23-15-19(17)24-22(26)28-11-8-27(9-12-28)10-13-29-20(30)14-16-4-2-3-5-18(16)25-29/h6-7,14-15H,2-5,8-13H2,1H3. The van der Waals surface area contributed by atoms with Gasteiger partial charge in [0.2, 0.25) is 5.95 Å². The number of rotatable bonds is 4. The van der Waals surface area contributed by atoms with Crippen LogP contribution in [0.15, 0.2) is 34.1 Å². The number of fused-ring (bicyclic) bond motifs is 2. The van der Waals surface area contributed by atoms with Crippen LogP contribution in [-0.2, 0) is 26.4 Å². The van der Waals surface area contributed by atoms with Crippen LogP contribution in [0.4, 0.5) is 5.95 Å². The second-order valence-corrected chi connectivity index (χ2v) is 8.38. The van der Waals surface area contributed by atoms with Gasteiger partial charge in [-0.2, -0.15) is 5.10 Å². The van der Waals surface area contributed by atoms with Gasteiger partial charge in [-0.3, -0.25) is 24.0 Å². The fourth-order valence-electron chi connectivity index (χ4n) is 4.56. The summed E-state index contributed by atoms with van der Waals surface area (Å²) < 4.78 is 3.24. The van der Waals surface area contributed by atoms with Crippen LogP contribution in [-0.4, -0.2) is 61.9 Å². The Bertz CT molecular complexity index is 1220. The maximum absolute atomic E-state index is 12.7. The SMILES string of the molecule is Cn1c(N2CCN(CCn3nc4c(cc3=O)CCCC4)CC2)nc2cnccc2c1=O. The number of hydrogen-bond donors (Lipinski definition) is 0. The highest BCUT2D eigenvalue weighted by Crippen LogP contribution is 2.17. The molecule has 31 heavy (non-hydrogen) atoms. The summed E-state index contributed by atoms with van der Waals surface area (Å²) in [5.41, 5.74) is 2.80. The van der Waals surface area contributed by atoms with Crippen LogP contribution in [0.1, 0.15) is 24.1 Å². The molecule has 1 aliphatic carbocycles. The third kappa shape index (κ3) is 3.85. The Hall–Kier alpha value is -3.07. The Morgan fingerprint density at radius 2 is 1.84 bits per heavy atom. The van der Waals surface area contributed by atoms with E-state index in [0.29, 0.717) is 23.4 Å². The lowest BCUT2D eigenvalue weighted by molar-refractivity contribution is 0.240. The van der Waals surface area contributed by atoms with Gasteiger partial charge in [0.05, 0.1) is 29.3 Å². The van der Waals surface area contributed by atoms with E-state index in [-0.39, 0.29) is 11.1 Å². The van der Waals surface area contributed by atoms with Gasteiger partial charge in [0.15, 0.2) is 0 Å². The number of hydrogen-bond acceptors (Lipinski definition) is 7. The molecule has 0 spiro atoms. The first-order chi connectivity index (χ1) is 15.1. The van der Waals surface area contributed by atoms with Crippen LogP contribution in [0.3, 0.4) is 0 Å². The van der Waals surface area contributed by atoms with Gasteiger partial charge in [0.1, 0.15) is 0 Å². The zero-order valence-corrected chi connectivity index (χ0v) is 17.8. The molecule has 162 valence electrons. The molecule has 0 aromatic carbocycles. The monoisotopic (exact) mass is 421 g/mol. The third-order valence-electron chi connectivity index (χ3n) is 6.41. The first-order valence-electron chi connectivity index (χ1n) is 11.0. The van der Waals surface area contributed by atoms with Crippen LogP contribution in [0, 0.1) is 0 Å². The second-order valence-electron chi connectivity index (χ2n) is 8.38. The van der Waals surface area contributed by atoms with Crippen LogP contribution >= 0.6 is 0 Å². The zero-order valence-electron chi connectivity index (χ0n) is 17.8. The fourth-order valence-corrected chi connectivity index (χ4v) is 4.56. The summed E-state index contributed by atoms with van der Waals surface area (Å²) in [5.74, 6) is 0.678. The van der Waals surface area contributed by atoms with E-state index in [0.717, 1.165) is 69.7 Å². The maximum atomic E-state index is 12.7. The van der Waals surface area contributed by atoms with Crippen molar-refractivity contribution in [3.05, 3.63) is 56.5 Å². The highest BCUT2D eigenvalue weighted by molar-refractivity contribution is 5.77. The molecule has 0 bridgehead atoms. The van der Waals surface area contributed by atoms with E-state index in [1.54, 1.807) is 40.8 Å².